The normalized spacial score (nSPS) is 14.2. The van der Waals surface area contributed by atoms with E-state index < -0.39 is 6.10 Å². The first-order valence-electron chi connectivity index (χ1n) is 6.39. The van der Waals surface area contributed by atoms with Crippen LogP contribution in [0.1, 0.15) is 25.8 Å². The van der Waals surface area contributed by atoms with Gasteiger partial charge in [0.25, 0.3) is 0 Å². The SMILES string of the molecule is CCC(C)NCC(O)COc1cccc(CO)c1. The summed E-state index contributed by atoms with van der Waals surface area (Å²) in [4.78, 5) is 0. The second-order valence-corrected chi connectivity index (χ2v) is 4.49. The van der Waals surface area contributed by atoms with Gasteiger partial charge in [-0.15, -0.1) is 0 Å². The van der Waals surface area contributed by atoms with E-state index in [1.165, 1.54) is 0 Å². The lowest BCUT2D eigenvalue weighted by molar-refractivity contribution is 0.104. The fourth-order valence-corrected chi connectivity index (χ4v) is 1.47. The van der Waals surface area contributed by atoms with Gasteiger partial charge in [-0.1, -0.05) is 19.1 Å². The van der Waals surface area contributed by atoms with E-state index in [-0.39, 0.29) is 13.2 Å². The van der Waals surface area contributed by atoms with Crippen molar-refractivity contribution in [2.24, 2.45) is 0 Å². The van der Waals surface area contributed by atoms with Crippen molar-refractivity contribution in [1.82, 2.24) is 5.32 Å². The van der Waals surface area contributed by atoms with Gasteiger partial charge in [0.05, 0.1) is 6.61 Å². The molecule has 2 atom stereocenters. The molecule has 0 aliphatic carbocycles. The van der Waals surface area contributed by atoms with Gasteiger partial charge in [-0.2, -0.15) is 0 Å². The molecular formula is C14H23NO3. The molecule has 0 radical (unpaired) electrons. The third kappa shape index (κ3) is 5.49. The molecule has 18 heavy (non-hydrogen) atoms. The number of aliphatic hydroxyl groups excluding tert-OH is 2. The minimum absolute atomic E-state index is 0.00464. The molecule has 2 unspecified atom stereocenters. The third-order valence-corrected chi connectivity index (χ3v) is 2.84. The summed E-state index contributed by atoms with van der Waals surface area (Å²) in [6, 6.07) is 7.64. The molecule has 4 heteroatoms. The van der Waals surface area contributed by atoms with Gasteiger partial charge in [0.1, 0.15) is 18.5 Å². The number of nitrogens with one attached hydrogen (secondary N) is 1. The van der Waals surface area contributed by atoms with Crippen LogP contribution in [0.3, 0.4) is 0 Å². The van der Waals surface area contributed by atoms with E-state index >= 15 is 0 Å². The van der Waals surface area contributed by atoms with Crippen molar-refractivity contribution in [2.45, 2.75) is 39.0 Å². The first-order chi connectivity index (χ1) is 8.65. The first kappa shape index (κ1) is 15.0. The number of hydrogen-bond acceptors (Lipinski definition) is 4. The van der Waals surface area contributed by atoms with E-state index in [4.69, 9.17) is 9.84 Å². The number of ether oxygens (including phenoxy) is 1. The molecule has 1 aromatic carbocycles. The topological polar surface area (TPSA) is 61.7 Å². The van der Waals surface area contributed by atoms with E-state index in [9.17, 15) is 5.11 Å². The molecule has 4 nitrogen and oxygen atoms in total. The molecule has 0 aliphatic heterocycles. The Kier molecular flexibility index (Phi) is 6.72. The van der Waals surface area contributed by atoms with Gasteiger partial charge in [-0.3, -0.25) is 0 Å². The second-order valence-electron chi connectivity index (χ2n) is 4.49. The zero-order valence-corrected chi connectivity index (χ0v) is 11.1. The Balaban J connectivity index is 2.30. The molecule has 0 fully saturated rings. The first-order valence-corrected chi connectivity index (χ1v) is 6.39. The summed E-state index contributed by atoms with van der Waals surface area (Å²) in [5, 5.41) is 22.0. The van der Waals surface area contributed by atoms with Crippen LogP contribution in [0.15, 0.2) is 24.3 Å². The van der Waals surface area contributed by atoms with E-state index in [0.717, 1.165) is 12.0 Å². The van der Waals surface area contributed by atoms with Crippen LogP contribution >= 0.6 is 0 Å². The Labute approximate surface area is 109 Å². The molecule has 0 saturated heterocycles. The van der Waals surface area contributed by atoms with E-state index in [1.54, 1.807) is 6.07 Å². The number of hydrogen-bond donors (Lipinski definition) is 3. The van der Waals surface area contributed by atoms with Crippen molar-refractivity contribution in [3.63, 3.8) is 0 Å². The van der Waals surface area contributed by atoms with Crippen LogP contribution in [-0.2, 0) is 6.61 Å². The van der Waals surface area contributed by atoms with Gasteiger partial charge in [-0.25, -0.2) is 0 Å². The summed E-state index contributed by atoms with van der Waals surface area (Å²) in [5.74, 6) is 0.670. The maximum absolute atomic E-state index is 9.74. The Morgan fingerprint density at radius 3 is 2.83 bits per heavy atom. The Hall–Kier alpha value is -1.10. The van der Waals surface area contributed by atoms with E-state index in [2.05, 4.69) is 19.2 Å². The molecule has 0 saturated carbocycles. The predicted molar refractivity (Wildman–Crippen MR) is 71.6 cm³/mol. The summed E-state index contributed by atoms with van der Waals surface area (Å²) in [6.07, 6.45) is 0.503. The molecule has 1 aromatic rings. The number of rotatable bonds is 8. The van der Waals surface area contributed by atoms with Crippen molar-refractivity contribution in [1.29, 1.82) is 0 Å². The van der Waals surface area contributed by atoms with Crippen LogP contribution in [0.4, 0.5) is 0 Å². The Bertz CT molecular complexity index is 344. The zero-order valence-electron chi connectivity index (χ0n) is 11.1. The summed E-state index contributed by atoms with van der Waals surface area (Å²) >= 11 is 0. The standard InChI is InChI=1S/C14H23NO3/c1-3-11(2)15-8-13(17)10-18-14-6-4-5-12(7-14)9-16/h4-7,11,13,15-17H,3,8-10H2,1-2H3. The van der Waals surface area contributed by atoms with Gasteiger partial charge < -0.3 is 20.3 Å². The highest BCUT2D eigenvalue weighted by atomic mass is 16.5. The highest BCUT2D eigenvalue weighted by Gasteiger charge is 2.07. The van der Waals surface area contributed by atoms with Gasteiger partial charge >= 0.3 is 0 Å². The fourth-order valence-electron chi connectivity index (χ4n) is 1.47. The third-order valence-electron chi connectivity index (χ3n) is 2.84. The second kappa shape index (κ2) is 8.08. The van der Waals surface area contributed by atoms with Crippen LogP contribution in [0.25, 0.3) is 0 Å². The lowest BCUT2D eigenvalue weighted by Gasteiger charge is -2.16. The Morgan fingerprint density at radius 1 is 1.39 bits per heavy atom. The highest BCUT2D eigenvalue weighted by Crippen LogP contribution is 2.13. The van der Waals surface area contributed by atoms with E-state index in [1.807, 2.05) is 18.2 Å². The minimum Gasteiger partial charge on any atom is -0.491 e. The van der Waals surface area contributed by atoms with Crippen molar-refractivity contribution < 1.29 is 14.9 Å². The van der Waals surface area contributed by atoms with Crippen molar-refractivity contribution in [3.8, 4) is 5.75 Å². The molecule has 0 spiro atoms. The summed E-state index contributed by atoms with van der Waals surface area (Å²) in [7, 11) is 0. The molecule has 1 rings (SSSR count). The highest BCUT2D eigenvalue weighted by molar-refractivity contribution is 5.27. The molecular weight excluding hydrogens is 230 g/mol. The maximum atomic E-state index is 9.74. The molecule has 0 aliphatic rings. The average molecular weight is 253 g/mol. The number of aliphatic hydroxyl groups is 2. The van der Waals surface area contributed by atoms with Crippen LogP contribution in [0.2, 0.25) is 0 Å². The molecule has 3 N–H and O–H groups in total. The summed E-state index contributed by atoms with van der Waals surface area (Å²) in [6.45, 7) is 4.95. The van der Waals surface area contributed by atoms with Gasteiger partial charge in [0, 0.05) is 12.6 Å². The lowest BCUT2D eigenvalue weighted by Crippen LogP contribution is -2.36. The molecule has 0 heterocycles. The molecule has 102 valence electrons. The molecule has 0 aromatic heterocycles. The minimum atomic E-state index is -0.531. The lowest BCUT2D eigenvalue weighted by atomic mass is 10.2. The Morgan fingerprint density at radius 2 is 2.17 bits per heavy atom. The van der Waals surface area contributed by atoms with Gasteiger partial charge in [-0.05, 0) is 31.0 Å². The maximum Gasteiger partial charge on any atom is 0.119 e. The average Bonchev–Trinajstić information content (AvgIpc) is 2.42. The van der Waals surface area contributed by atoms with Crippen molar-refractivity contribution >= 4 is 0 Å². The largest absolute Gasteiger partial charge is 0.491 e. The summed E-state index contributed by atoms with van der Waals surface area (Å²) in [5.41, 5.74) is 0.805. The van der Waals surface area contributed by atoms with Gasteiger partial charge in [0.2, 0.25) is 0 Å². The van der Waals surface area contributed by atoms with Crippen molar-refractivity contribution in [3.05, 3.63) is 29.8 Å². The molecule has 0 bridgehead atoms. The fraction of sp³-hybridized carbons (Fsp3) is 0.571. The predicted octanol–water partition coefficient (Wildman–Crippen LogP) is 1.31. The monoisotopic (exact) mass is 253 g/mol. The van der Waals surface area contributed by atoms with Crippen molar-refractivity contribution in [2.75, 3.05) is 13.2 Å². The molecule has 0 amide bonds. The zero-order chi connectivity index (χ0) is 13.4. The quantitative estimate of drug-likeness (QED) is 0.653. The van der Waals surface area contributed by atoms with Crippen LogP contribution in [-0.4, -0.2) is 35.5 Å². The van der Waals surface area contributed by atoms with Gasteiger partial charge in [0.15, 0.2) is 0 Å². The van der Waals surface area contributed by atoms with Crippen LogP contribution in [0.5, 0.6) is 5.75 Å². The van der Waals surface area contributed by atoms with E-state index in [0.29, 0.717) is 18.3 Å². The smallest absolute Gasteiger partial charge is 0.119 e. The summed E-state index contributed by atoms with van der Waals surface area (Å²) < 4.78 is 5.48. The number of benzene rings is 1. The van der Waals surface area contributed by atoms with Crippen LogP contribution < -0.4 is 10.1 Å². The van der Waals surface area contributed by atoms with Crippen LogP contribution in [0, 0.1) is 0 Å².